The van der Waals surface area contributed by atoms with E-state index in [2.05, 4.69) is 43.5 Å². The van der Waals surface area contributed by atoms with Crippen LogP contribution in [0.25, 0.3) is 0 Å². The maximum absolute atomic E-state index is 12.5. The van der Waals surface area contributed by atoms with Crippen LogP contribution in [-0.4, -0.2) is 47.4 Å². The molecule has 490 valence electrons. The Hall–Kier alpha value is -1.92. The van der Waals surface area contributed by atoms with Crippen molar-refractivity contribution in [3.63, 3.8) is 0 Å². The van der Waals surface area contributed by atoms with Crippen molar-refractivity contribution < 1.29 is 24.5 Å². The molecular formula is C77H147NO5. The Labute approximate surface area is 519 Å². The number of allylic oxidation sites excluding steroid dienone is 5. The van der Waals surface area contributed by atoms with Gasteiger partial charge >= 0.3 is 5.97 Å². The summed E-state index contributed by atoms with van der Waals surface area (Å²) < 4.78 is 5.50. The number of rotatable bonds is 71. The molecule has 0 heterocycles. The summed E-state index contributed by atoms with van der Waals surface area (Å²) >= 11 is 0. The maximum Gasteiger partial charge on any atom is 0.305 e. The highest BCUT2D eigenvalue weighted by Crippen LogP contribution is 2.19. The number of ether oxygens (including phenoxy) is 1. The molecule has 0 aromatic carbocycles. The van der Waals surface area contributed by atoms with Crippen LogP contribution < -0.4 is 5.32 Å². The predicted molar refractivity (Wildman–Crippen MR) is 366 cm³/mol. The van der Waals surface area contributed by atoms with Gasteiger partial charge in [0.05, 0.1) is 25.4 Å². The number of aliphatic hydroxyl groups is 2. The molecule has 0 aliphatic carbocycles. The lowest BCUT2D eigenvalue weighted by atomic mass is 10.0. The first-order valence-corrected chi connectivity index (χ1v) is 37.8. The number of carbonyl (C=O) groups excluding carboxylic acids is 2. The number of unbranched alkanes of at least 4 members (excludes halogenated alkanes) is 56. The van der Waals surface area contributed by atoms with Crippen LogP contribution in [-0.2, 0) is 14.3 Å². The van der Waals surface area contributed by atoms with E-state index in [-0.39, 0.29) is 18.5 Å². The van der Waals surface area contributed by atoms with Crippen molar-refractivity contribution in [2.75, 3.05) is 13.2 Å². The molecule has 6 nitrogen and oxygen atoms in total. The topological polar surface area (TPSA) is 95.9 Å². The molecule has 0 rings (SSSR count). The van der Waals surface area contributed by atoms with Gasteiger partial charge in [-0.1, -0.05) is 378 Å². The quantitative estimate of drug-likeness (QED) is 0.0320. The van der Waals surface area contributed by atoms with Crippen LogP contribution in [0.5, 0.6) is 0 Å². The number of amides is 1. The Bertz CT molecular complexity index is 1340. The molecule has 0 saturated carbocycles. The van der Waals surface area contributed by atoms with Gasteiger partial charge in [-0.15, -0.1) is 0 Å². The van der Waals surface area contributed by atoms with E-state index in [1.54, 1.807) is 6.08 Å². The average Bonchev–Trinajstić information content (AvgIpc) is 3.49. The Kier molecular flexibility index (Phi) is 70.9. The van der Waals surface area contributed by atoms with E-state index in [1.807, 2.05) is 6.08 Å². The minimum atomic E-state index is -0.845. The van der Waals surface area contributed by atoms with Crippen LogP contribution in [0.3, 0.4) is 0 Å². The number of carbonyl (C=O) groups is 2. The van der Waals surface area contributed by atoms with E-state index >= 15 is 0 Å². The zero-order valence-electron chi connectivity index (χ0n) is 56.2. The van der Waals surface area contributed by atoms with Crippen LogP contribution in [0.4, 0.5) is 0 Å². The molecule has 1 amide bonds. The highest BCUT2D eigenvalue weighted by atomic mass is 16.5. The average molecular weight is 1170 g/mol. The fourth-order valence-electron chi connectivity index (χ4n) is 11.9. The van der Waals surface area contributed by atoms with Crippen molar-refractivity contribution in [3.05, 3.63) is 36.5 Å². The Morgan fingerprint density at radius 3 is 0.916 bits per heavy atom. The van der Waals surface area contributed by atoms with Gasteiger partial charge in [0, 0.05) is 12.8 Å². The van der Waals surface area contributed by atoms with Gasteiger partial charge in [0.1, 0.15) is 0 Å². The summed E-state index contributed by atoms with van der Waals surface area (Å²) in [6.45, 7) is 4.95. The minimum Gasteiger partial charge on any atom is -0.466 e. The van der Waals surface area contributed by atoms with Gasteiger partial charge in [-0.05, 0) is 64.2 Å². The number of hydrogen-bond donors (Lipinski definition) is 3. The summed E-state index contributed by atoms with van der Waals surface area (Å²) in [4.78, 5) is 24.6. The summed E-state index contributed by atoms with van der Waals surface area (Å²) in [5.74, 6) is -0.0467. The van der Waals surface area contributed by atoms with Gasteiger partial charge in [0.2, 0.25) is 5.91 Å². The lowest BCUT2D eigenvalue weighted by Crippen LogP contribution is -2.45. The monoisotopic (exact) mass is 1170 g/mol. The largest absolute Gasteiger partial charge is 0.466 e. The van der Waals surface area contributed by atoms with Crippen LogP contribution in [0.1, 0.15) is 418 Å². The molecule has 0 saturated heterocycles. The summed E-state index contributed by atoms with van der Waals surface area (Å²) in [5, 5.41) is 23.2. The number of aliphatic hydroxyl groups excluding tert-OH is 2. The highest BCUT2D eigenvalue weighted by molar-refractivity contribution is 5.76. The smallest absolute Gasteiger partial charge is 0.305 e. The first kappa shape index (κ1) is 81.1. The number of hydrogen-bond acceptors (Lipinski definition) is 5. The minimum absolute atomic E-state index is 0.0170. The van der Waals surface area contributed by atoms with E-state index in [9.17, 15) is 19.8 Å². The third kappa shape index (κ3) is 69.1. The van der Waals surface area contributed by atoms with E-state index in [1.165, 1.54) is 347 Å². The molecule has 2 unspecified atom stereocenters. The molecule has 0 spiro atoms. The van der Waals surface area contributed by atoms with Gasteiger partial charge in [-0.3, -0.25) is 9.59 Å². The Balaban J connectivity index is 3.40. The molecule has 6 heteroatoms. The van der Waals surface area contributed by atoms with Gasteiger partial charge in [-0.25, -0.2) is 0 Å². The lowest BCUT2D eigenvalue weighted by Gasteiger charge is -2.20. The summed E-state index contributed by atoms with van der Waals surface area (Å²) in [6, 6.07) is -0.628. The molecule has 0 radical (unpaired) electrons. The first-order valence-electron chi connectivity index (χ1n) is 37.8. The van der Waals surface area contributed by atoms with Crippen LogP contribution in [0.2, 0.25) is 0 Å². The Morgan fingerprint density at radius 2 is 0.602 bits per heavy atom. The zero-order valence-corrected chi connectivity index (χ0v) is 56.2. The second-order valence-electron chi connectivity index (χ2n) is 26.0. The summed E-state index contributed by atoms with van der Waals surface area (Å²) in [6.07, 6.45) is 93.9. The molecule has 0 fully saturated rings. The summed E-state index contributed by atoms with van der Waals surface area (Å²) in [5.41, 5.74) is 0. The van der Waals surface area contributed by atoms with E-state index in [4.69, 9.17) is 4.74 Å². The fourth-order valence-corrected chi connectivity index (χ4v) is 11.9. The van der Waals surface area contributed by atoms with Gasteiger partial charge in [0.25, 0.3) is 0 Å². The molecule has 0 aliphatic rings. The SMILES string of the molecule is CCCCCCCCCCCCCCCCCCC/C=C/C(O)C(CO)NC(=O)CCCCCCCCCCCCCCCCC/C=C\C/C=C\CCCCCCCCCCCOC(=O)CCCCCCCCCCCCCCCCCC. The molecule has 3 N–H and O–H groups in total. The number of esters is 1. The molecule has 0 aromatic heterocycles. The molecule has 2 atom stereocenters. The first-order chi connectivity index (χ1) is 41.0. The molecule has 0 aromatic rings. The third-order valence-corrected chi connectivity index (χ3v) is 17.7. The normalized spacial score (nSPS) is 12.7. The zero-order chi connectivity index (χ0) is 59.9. The fraction of sp³-hybridized carbons (Fsp3) is 0.896. The van der Waals surface area contributed by atoms with E-state index in [0.29, 0.717) is 19.4 Å². The predicted octanol–water partition coefficient (Wildman–Crippen LogP) is 24.7. The standard InChI is InChI=1S/C77H147NO5/c1-3-5-7-9-11-13-15-17-19-21-35-38-41-45-49-53-57-61-65-69-75(80)74(73-79)78-76(81)70-66-62-58-54-50-46-42-39-36-33-31-29-27-25-23-22-24-26-28-30-32-34-37-40-44-48-52-56-60-64-68-72-83-77(82)71-67-63-59-55-51-47-43-20-18-16-14-12-10-8-6-4-2/h24,26,30,32,65,69,74-75,79-80H,3-23,25,27-29,31,33-64,66-68,70-73H2,1-2H3,(H,78,81)/b26-24-,32-30-,69-65+. The Morgan fingerprint density at radius 1 is 0.337 bits per heavy atom. The lowest BCUT2D eigenvalue weighted by molar-refractivity contribution is -0.143. The van der Waals surface area contributed by atoms with Crippen molar-refractivity contribution in [1.29, 1.82) is 0 Å². The van der Waals surface area contributed by atoms with E-state index < -0.39 is 12.1 Å². The van der Waals surface area contributed by atoms with Crippen molar-refractivity contribution in [2.45, 2.75) is 431 Å². The van der Waals surface area contributed by atoms with Gasteiger partial charge in [0.15, 0.2) is 0 Å². The second-order valence-corrected chi connectivity index (χ2v) is 26.0. The third-order valence-electron chi connectivity index (χ3n) is 17.7. The second kappa shape index (κ2) is 72.6. The highest BCUT2D eigenvalue weighted by Gasteiger charge is 2.18. The van der Waals surface area contributed by atoms with Crippen molar-refractivity contribution in [1.82, 2.24) is 5.32 Å². The molecule has 0 bridgehead atoms. The van der Waals surface area contributed by atoms with Crippen molar-refractivity contribution >= 4 is 11.9 Å². The van der Waals surface area contributed by atoms with Crippen LogP contribution in [0.15, 0.2) is 36.5 Å². The molecular weight excluding hydrogens is 1020 g/mol. The van der Waals surface area contributed by atoms with Crippen LogP contribution >= 0.6 is 0 Å². The van der Waals surface area contributed by atoms with Crippen LogP contribution in [0, 0.1) is 0 Å². The van der Waals surface area contributed by atoms with Gasteiger partial charge in [-0.2, -0.15) is 0 Å². The van der Waals surface area contributed by atoms with Gasteiger partial charge < -0.3 is 20.3 Å². The number of nitrogens with one attached hydrogen (secondary N) is 1. The van der Waals surface area contributed by atoms with Crippen molar-refractivity contribution in [3.8, 4) is 0 Å². The van der Waals surface area contributed by atoms with E-state index in [0.717, 1.165) is 44.9 Å². The molecule has 0 aliphatic heterocycles. The van der Waals surface area contributed by atoms with Crippen molar-refractivity contribution in [2.24, 2.45) is 0 Å². The maximum atomic E-state index is 12.5. The molecule has 83 heavy (non-hydrogen) atoms. The summed E-state index contributed by atoms with van der Waals surface area (Å²) in [7, 11) is 0.